The lowest BCUT2D eigenvalue weighted by Gasteiger charge is -2.17. The molecule has 1 N–H and O–H groups in total. The molecule has 5 heteroatoms. The van der Waals surface area contributed by atoms with Gasteiger partial charge in [-0.1, -0.05) is 6.92 Å². The molecule has 0 radical (unpaired) electrons. The van der Waals surface area contributed by atoms with Crippen molar-refractivity contribution in [3.8, 4) is 5.69 Å². The summed E-state index contributed by atoms with van der Waals surface area (Å²) < 4.78 is 16.2. The van der Waals surface area contributed by atoms with E-state index >= 15 is 0 Å². The molecule has 18 heavy (non-hydrogen) atoms. The highest BCUT2D eigenvalue weighted by molar-refractivity contribution is 14.1. The van der Waals surface area contributed by atoms with Gasteiger partial charge >= 0.3 is 0 Å². The minimum Gasteiger partial charge on any atom is -0.310 e. The maximum absolute atomic E-state index is 13.4. The minimum atomic E-state index is -0.222. The summed E-state index contributed by atoms with van der Waals surface area (Å²) in [5, 5.41) is 7.57. The van der Waals surface area contributed by atoms with Gasteiger partial charge in [-0.15, -0.1) is 0 Å². The molecule has 0 bridgehead atoms. The van der Waals surface area contributed by atoms with E-state index in [1.807, 2.05) is 20.0 Å². The number of nitrogens with one attached hydrogen (secondary N) is 1. The van der Waals surface area contributed by atoms with Gasteiger partial charge in [0.05, 0.1) is 15.5 Å². The molecule has 2 rings (SSSR count). The van der Waals surface area contributed by atoms with E-state index in [-0.39, 0.29) is 11.9 Å². The van der Waals surface area contributed by atoms with Crippen molar-refractivity contribution in [3.05, 3.63) is 45.5 Å². The van der Waals surface area contributed by atoms with Gasteiger partial charge in [-0.2, -0.15) is 5.10 Å². The van der Waals surface area contributed by atoms with Crippen LogP contribution in [0.1, 0.15) is 25.5 Å². The molecule has 0 saturated heterocycles. The van der Waals surface area contributed by atoms with E-state index in [1.165, 1.54) is 6.07 Å². The molecule has 3 nitrogen and oxygen atoms in total. The van der Waals surface area contributed by atoms with E-state index in [0.717, 1.165) is 21.4 Å². The molecule has 0 saturated carbocycles. The van der Waals surface area contributed by atoms with Gasteiger partial charge in [-0.05, 0) is 59.8 Å². The van der Waals surface area contributed by atoms with Crippen LogP contribution in [0, 0.1) is 9.39 Å². The third kappa shape index (κ3) is 2.89. The first-order valence-corrected chi connectivity index (χ1v) is 6.93. The van der Waals surface area contributed by atoms with Crippen LogP contribution in [-0.4, -0.2) is 16.3 Å². The van der Waals surface area contributed by atoms with Crippen LogP contribution in [0.5, 0.6) is 0 Å². The average Bonchev–Trinajstić information content (AvgIpc) is 2.76. The van der Waals surface area contributed by atoms with Gasteiger partial charge < -0.3 is 5.32 Å². The zero-order valence-corrected chi connectivity index (χ0v) is 12.5. The maximum Gasteiger partial charge on any atom is 0.123 e. The summed E-state index contributed by atoms with van der Waals surface area (Å²) in [6.45, 7) is 4.90. The number of hydrogen-bond donors (Lipinski definition) is 1. The fourth-order valence-corrected chi connectivity index (χ4v) is 2.32. The van der Waals surface area contributed by atoms with Crippen molar-refractivity contribution in [3.63, 3.8) is 0 Å². The van der Waals surface area contributed by atoms with Gasteiger partial charge in [0.2, 0.25) is 0 Å². The topological polar surface area (TPSA) is 29.9 Å². The largest absolute Gasteiger partial charge is 0.310 e. The molecule has 1 aromatic carbocycles. The number of halogens is 2. The summed E-state index contributed by atoms with van der Waals surface area (Å²) >= 11 is 2.21. The number of nitrogens with zero attached hydrogens (tertiary/aromatic N) is 2. The molecular weight excluding hydrogens is 344 g/mol. The molecule has 0 amide bonds. The third-order valence-corrected chi connectivity index (χ3v) is 3.32. The van der Waals surface area contributed by atoms with E-state index in [4.69, 9.17) is 0 Å². The minimum absolute atomic E-state index is 0.0857. The fourth-order valence-electron chi connectivity index (χ4n) is 1.93. The first kappa shape index (κ1) is 13.5. The molecule has 1 heterocycles. The first-order valence-electron chi connectivity index (χ1n) is 5.85. The molecule has 2 aromatic rings. The van der Waals surface area contributed by atoms with Gasteiger partial charge in [-0.25, -0.2) is 9.07 Å². The van der Waals surface area contributed by atoms with Crippen LogP contribution >= 0.6 is 22.6 Å². The number of aromatic nitrogens is 2. The van der Waals surface area contributed by atoms with E-state index in [1.54, 1.807) is 23.0 Å². The summed E-state index contributed by atoms with van der Waals surface area (Å²) in [4.78, 5) is 0. The third-order valence-electron chi connectivity index (χ3n) is 2.76. The molecule has 0 fully saturated rings. The van der Waals surface area contributed by atoms with Gasteiger partial charge in [0.15, 0.2) is 0 Å². The molecule has 96 valence electrons. The molecule has 0 aliphatic carbocycles. The molecule has 1 aromatic heterocycles. The van der Waals surface area contributed by atoms with Gasteiger partial charge in [0.25, 0.3) is 0 Å². The van der Waals surface area contributed by atoms with E-state index < -0.39 is 0 Å². The maximum atomic E-state index is 13.4. The van der Waals surface area contributed by atoms with Crippen molar-refractivity contribution in [2.24, 2.45) is 0 Å². The number of benzene rings is 1. The summed E-state index contributed by atoms with van der Waals surface area (Å²) in [5.41, 5.74) is 1.82. The second-order valence-corrected chi connectivity index (χ2v) is 5.33. The zero-order valence-electron chi connectivity index (χ0n) is 10.3. The van der Waals surface area contributed by atoms with Crippen molar-refractivity contribution in [2.75, 3.05) is 6.54 Å². The highest BCUT2D eigenvalue weighted by atomic mass is 127. The Morgan fingerprint density at radius 3 is 2.89 bits per heavy atom. The van der Waals surface area contributed by atoms with Crippen LogP contribution < -0.4 is 5.32 Å². The van der Waals surface area contributed by atoms with E-state index in [2.05, 4.69) is 33.0 Å². The van der Waals surface area contributed by atoms with Gasteiger partial charge in [-0.3, -0.25) is 0 Å². The number of hydrogen-bond acceptors (Lipinski definition) is 2. The van der Waals surface area contributed by atoms with Crippen molar-refractivity contribution in [1.29, 1.82) is 0 Å². The second kappa shape index (κ2) is 5.79. The molecule has 1 atom stereocenters. The van der Waals surface area contributed by atoms with E-state index in [0.29, 0.717) is 0 Å². The Labute approximate surface area is 120 Å². The standard InChI is InChI=1S/C13H15FIN3/c1-3-16-9(2)12-6-10(14)4-5-13(12)18-8-11(15)7-17-18/h4-9,16H,3H2,1-2H3. The van der Waals surface area contributed by atoms with Crippen LogP contribution in [-0.2, 0) is 0 Å². The molecule has 0 aliphatic heterocycles. The van der Waals surface area contributed by atoms with Crippen molar-refractivity contribution < 1.29 is 4.39 Å². The fraction of sp³-hybridized carbons (Fsp3) is 0.308. The van der Waals surface area contributed by atoms with Crippen LogP contribution in [0.4, 0.5) is 4.39 Å². The number of rotatable bonds is 4. The Kier molecular flexibility index (Phi) is 4.34. The Bertz CT molecular complexity index is 539. The first-order chi connectivity index (χ1) is 8.61. The molecule has 0 aliphatic rings. The Morgan fingerprint density at radius 2 is 2.28 bits per heavy atom. The zero-order chi connectivity index (χ0) is 13.1. The summed E-state index contributed by atoms with van der Waals surface area (Å²) in [7, 11) is 0. The highest BCUT2D eigenvalue weighted by Crippen LogP contribution is 2.23. The SMILES string of the molecule is CCNC(C)c1cc(F)ccc1-n1cc(I)cn1. The Hall–Kier alpha value is -0.950. The lowest BCUT2D eigenvalue weighted by molar-refractivity contribution is 0.578. The van der Waals surface area contributed by atoms with Crippen LogP contribution in [0.2, 0.25) is 0 Å². The van der Waals surface area contributed by atoms with Crippen LogP contribution in [0.25, 0.3) is 5.69 Å². The smallest absolute Gasteiger partial charge is 0.123 e. The predicted molar refractivity (Wildman–Crippen MR) is 78.3 cm³/mol. The second-order valence-electron chi connectivity index (χ2n) is 4.09. The molecule has 0 spiro atoms. The summed E-state index contributed by atoms with van der Waals surface area (Å²) in [5.74, 6) is -0.222. The van der Waals surface area contributed by atoms with Gasteiger partial charge in [0, 0.05) is 12.2 Å². The quantitative estimate of drug-likeness (QED) is 0.850. The summed E-state index contributed by atoms with van der Waals surface area (Å²) in [6, 6.07) is 4.88. The average molecular weight is 359 g/mol. The highest BCUT2D eigenvalue weighted by Gasteiger charge is 2.13. The van der Waals surface area contributed by atoms with Crippen molar-refractivity contribution >= 4 is 22.6 Å². The van der Waals surface area contributed by atoms with Crippen molar-refractivity contribution in [2.45, 2.75) is 19.9 Å². The Balaban J connectivity index is 2.46. The lowest BCUT2D eigenvalue weighted by atomic mass is 10.1. The van der Waals surface area contributed by atoms with Gasteiger partial charge in [0.1, 0.15) is 5.82 Å². The normalized spacial score (nSPS) is 12.7. The molecular formula is C13H15FIN3. The van der Waals surface area contributed by atoms with Crippen LogP contribution in [0.15, 0.2) is 30.6 Å². The lowest BCUT2D eigenvalue weighted by Crippen LogP contribution is -2.19. The van der Waals surface area contributed by atoms with Crippen LogP contribution in [0.3, 0.4) is 0 Å². The molecule has 1 unspecified atom stereocenters. The Morgan fingerprint density at radius 1 is 1.50 bits per heavy atom. The summed E-state index contributed by atoms with van der Waals surface area (Å²) in [6.07, 6.45) is 3.71. The van der Waals surface area contributed by atoms with E-state index in [9.17, 15) is 4.39 Å². The monoisotopic (exact) mass is 359 g/mol. The predicted octanol–water partition coefficient (Wildman–Crippen LogP) is 3.29. The van der Waals surface area contributed by atoms with Crippen molar-refractivity contribution in [1.82, 2.24) is 15.1 Å².